The number of aromatic nitrogens is 2. The van der Waals surface area contributed by atoms with Crippen molar-refractivity contribution in [3.05, 3.63) is 23.8 Å². The number of guanidine groups is 1. The van der Waals surface area contributed by atoms with Crippen molar-refractivity contribution in [2.45, 2.75) is 32.7 Å². The topological polar surface area (TPSA) is 82.5 Å². The zero-order chi connectivity index (χ0) is 16.3. The van der Waals surface area contributed by atoms with E-state index >= 15 is 0 Å². The predicted molar refractivity (Wildman–Crippen MR) is 103 cm³/mol. The molecule has 8 heteroatoms. The molecule has 0 aliphatic carbocycles. The van der Waals surface area contributed by atoms with E-state index in [2.05, 4.69) is 30.5 Å². The summed E-state index contributed by atoms with van der Waals surface area (Å²) in [6.07, 6.45) is 4.59. The van der Waals surface area contributed by atoms with E-state index in [9.17, 15) is 4.79 Å². The number of likely N-dealkylation sites (tertiary alicyclic amines) is 1. The Kier molecular flexibility index (Phi) is 6.36. The number of carbonyl (C=O) groups excluding carboxylic acids is 1. The predicted octanol–water partition coefficient (Wildman–Crippen LogP) is 1.08. The van der Waals surface area contributed by atoms with Gasteiger partial charge in [-0.25, -0.2) is 9.97 Å². The smallest absolute Gasteiger partial charge is 0.220 e. The van der Waals surface area contributed by atoms with E-state index in [4.69, 9.17) is 0 Å². The summed E-state index contributed by atoms with van der Waals surface area (Å²) in [7, 11) is 1.80. The third-order valence-electron chi connectivity index (χ3n) is 4.63. The zero-order valence-electron chi connectivity index (χ0n) is 14.2. The minimum atomic E-state index is 0. The van der Waals surface area contributed by atoms with Crippen LogP contribution in [0, 0.1) is 12.3 Å². The molecule has 1 aromatic rings. The van der Waals surface area contributed by atoms with Gasteiger partial charge in [-0.15, -0.1) is 24.0 Å². The summed E-state index contributed by atoms with van der Waals surface area (Å²) in [4.78, 5) is 26.8. The molecule has 0 saturated carbocycles. The first-order valence-electron chi connectivity index (χ1n) is 8.11. The van der Waals surface area contributed by atoms with Crippen LogP contribution in [0.1, 0.15) is 30.8 Å². The molecule has 24 heavy (non-hydrogen) atoms. The zero-order valence-corrected chi connectivity index (χ0v) is 16.5. The molecular weight excluding hydrogens is 419 g/mol. The maximum Gasteiger partial charge on any atom is 0.220 e. The number of aryl methyl sites for hydroxylation is 1. The molecule has 2 fully saturated rings. The Morgan fingerprint density at radius 3 is 3.04 bits per heavy atom. The van der Waals surface area contributed by atoms with Crippen LogP contribution in [0.25, 0.3) is 0 Å². The number of hydrogen-bond donors (Lipinski definition) is 2. The molecule has 1 unspecified atom stereocenters. The fraction of sp³-hybridized carbons (Fsp3) is 0.625. The number of nitrogens with one attached hydrogen (secondary N) is 2. The van der Waals surface area contributed by atoms with E-state index < -0.39 is 0 Å². The van der Waals surface area contributed by atoms with Crippen LogP contribution in [-0.2, 0) is 11.3 Å². The number of amides is 1. The summed E-state index contributed by atoms with van der Waals surface area (Å²) >= 11 is 0. The molecule has 2 aliphatic heterocycles. The highest BCUT2D eigenvalue weighted by atomic mass is 127. The van der Waals surface area contributed by atoms with Gasteiger partial charge in [-0.1, -0.05) is 0 Å². The van der Waals surface area contributed by atoms with Crippen LogP contribution in [0.5, 0.6) is 0 Å². The van der Waals surface area contributed by atoms with Crippen LogP contribution in [0.4, 0.5) is 0 Å². The number of hydrogen-bond acceptors (Lipinski definition) is 4. The molecule has 0 bridgehead atoms. The van der Waals surface area contributed by atoms with Crippen LogP contribution in [-0.4, -0.2) is 53.4 Å². The quantitative estimate of drug-likeness (QED) is 0.406. The molecule has 1 atom stereocenters. The first kappa shape index (κ1) is 18.9. The second-order valence-corrected chi connectivity index (χ2v) is 6.47. The Hall–Kier alpha value is -1.45. The average Bonchev–Trinajstić information content (AvgIpc) is 2.88. The van der Waals surface area contributed by atoms with E-state index in [-0.39, 0.29) is 35.3 Å². The summed E-state index contributed by atoms with van der Waals surface area (Å²) in [5.74, 6) is 1.82. The molecule has 0 radical (unpaired) electrons. The van der Waals surface area contributed by atoms with Gasteiger partial charge in [-0.2, -0.15) is 0 Å². The molecule has 2 N–H and O–H groups in total. The highest BCUT2D eigenvalue weighted by molar-refractivity contribution is 14.0. The van der Waals surface area contributed by atoms with E-state index in [0.717, 1.165) is 50.0 Å². The largest absolute Gasteiger partial charge is 0.355 e. The van der Waals surface area contributed by atoms with Crippen LogP contribution >= 0.6 is 24.0 Å². The lowest BCUT2D eigenvalue weighted by atomic mass is 9.79. The number of rotatable bonds is 2. The summed E-state index contributed by atoms with van der Waals surface area (Å²) in [5, 5.41) is 6.36. The lowest BCUT2D eigenvalue weighted by Crippen LogP contribution is -2.51. The molecule has 2 saturated heterocycles. The molecule has 132 valence electrons. The van der Waals surface area contributed by atoms with Crippen molar-refractivity contribution in [3.8, 4) is 0 Å². The lowest BCUT2D eigenvalue weighted by Gasteiger charge is -2.40. The van der Waals surface area contributed by atoms with Gasteiger partial charge in [0.05, 0.1) is 12.2 Å². The maximum atomic E-state index is 11.6. The fourth-order valence-electron chi connectivity index (χ4n) is 3.53. The van der Waals surface area contributed by atoms with Crippen molar-refractivity contribution in [2.75, 3.05) is 26.7 Å². The Balaban J connectivity index is 0.00000208. The second-order valence-electron chi connectivity index (χ2n) is 6.47. The highest BCUT2D eigenvalue weighted by Crippen LogP contribution is 2.35. The van der Waals surface area contributed by atoms with Crippen LogP contribution in [0.2, 0.25) is 0 Å². The minimum Gasteiger partial charge on any atom is -0.355 e. The minimum absolute atomic E-state index is 0. The number of aliphatic imine (C=N–C) groups is 1. The number of halogens is 1. The van der Waals surface area contributed by atoms with Crippen molar-refractivity contribution >= 4 is 35.8 Å². The monoisotopic (exact) mass is 444 g/mol. The number of nitrogens with zero attached hydrogens (tertiary/aromatic N) is 4. The van der Waals surface area contributed by atoms with Crippen molar-refractivity contribution in [3.63, 3.8) is 0 Å². The molecule has 2 aliphatic rings. The Labute approximate surface area is 159 Å². The van der Waals surface area contributed by atoms with Gasteiger partial charge in [-0.3, -0.25) is 9.79 Å². The first-order valence-corrected chi connectivity index (χ1v) is 8.11. The molecule has 3 heterocycles. The van der Waals surface area contributed by atoms with Gasteiger partial charge in [0, 0.05) is 44.7 Å². The first-order chi connectivity index (χ1) is 11.1. The Morgan fingerprint density at radius 2 is 2.38 bits per heavy atom. The molecule has 1 aromatic heterocycles. The van der Waals surface area contributed by atoms with Crippen molar-refractivity contribution in [1.29, 1.82) is 0 Å². The molecule has 1 spiro atoms. The van der Waals surface area contributed by atoms with E-state index in [1.165, 1.54) is 0 Å². The van der Waals surface area contributed by atoms with Gasteiger partial charge in [0.2, 0.25) is 5.91 Å². The van der Waals surface area contributed by atoms with Gasteiger partial charge in [0.25, 0.3) is 0 Å². The van der Waals surface area contributed by atoms with Gasteiger partial charge in [0.1, 0.15) is 5.82 Å². The summed E-state index contributed by atoms with van der Waals surface area (Å²) in [5.41, 5.74) is 1.02. The Morgan fingerprint density at radius 1 is 1.54 bits per heavy atom. The SMILES string of the molecule is CN=C(NCc1ccnc(C)n1)N1CCCC2(CNC(=O)C2)C1.I. The van der Waals surface area contributed by atoms with Gasteiger partial charge < -0.3 is 15.5 Å². The third-order valence-corrected chi connectivity index (χ3v) is 4.63. The van der Waals surface area contributed by atoms with E-state index in [1.807, 2.05) is 13.0 Å². The van der Waals surface area contributed by atoms with Crippen LogP contribution < -0.4 is 10.6 Å². The summed E-state index contributed by atoms with van der Waals surface area (Å²) < 4.78 is 0. The average molecular weight is 444 g/mol. The summed E-state index contributed by atoms with van der Waals surface area (Å²) in [6, 6.07) is 1.91. The third kappa shape index (κ3) is 4.34. The standard InChI is InChI=1S/C16H24N6O.HI/c1-12-18-6-4-13(21-12)9-19-15(17-2)22-7-3-5-16(11-22)8-14(23)20-10-16;/h4,6H,3,5,7-11H2,1-2H3,(H,17,19)(H,20,23);1H. The van der Waals surface area contributed by atoms with E-state index in [1.54, 1.807) is 13.2 Å². The van der Waals surface area contributed by atoms with Gasteiger partial charge in [-0.05, 0) is 25.8 Å². The van der Waals surface area contributed by atoms with Crippen molar-refractivity contribution in [1.82, 2.24) is 25.5 Å². The molecular formula is C16H25IN6O. The van der Waals surface area contributed by atoms with Crippen LogP contribution in [0.15, 0.2) is 17.3 Å². The number of carbonyl (C=O) groups is 1. The molecule has 0 aromatic carbocycles. The Bertz CT molecular complexity index is 622. The molecule has 7 nitrogen and oxygen atoms in total. The van der Waals surface area contributed by atoms with Gasteiger partial charge in [0.15, 0.2) is 5.96 Å². The highest BCUT2D eigenvalue weighted by Gasteiger charge is 2.42. The maximum absolute atomic E-state index is 11.6. The second kappa shape index (κ2) is 8.09. The van der Waals surface area contributed by atoms with Gasteiger partial charge >= 0.3 is 0 Å². The van der Waals surface area contributed by atoms with Crippen molar-refractivity contribution < 1.29 is 4.79 Å². The number of piperidine rings is 1. The lowest BCUT2D eigenvalue weighted by molar-refractivity contribution is -0.119. The molecule has 3 rings (SSSR count). The fourth-order valence-corrected chi connectivity index (χ4v) is 3.53. The molecule has 1 amide bonds. The van der Waals surface area contributed by atoms with Crippen LogP contribution in [0.3, 0.4) is 0 Å². The summed E-state index contributed by atoms with van der Waals surface area (Å²) in [6.45, 7) is 5.13. The normalized spacial score (nSPS) is 23.8. The van der Waals surface area contributed by atoms with E-state index in [0.29, 0.717) is 13.0 Å². The van der Waals surface area contributed by atoms with Crippen molar-refractivity contribution in [2.24, 2.45) is 10.4 Å².